The molecule has 1 N–H and O–H groups in total. The van der Waals surface area contributed by atoms with E-state index >= 15 is 0 Å². The van der Waals surface area contributed by atoms with Crippen molar-refractivity contribution >= 4 is 12.0 Å². The molecule has 0 aromatic heterocycles. The summed E-state index contributed by atoms with van der Waals surface area (Å²) in [5.41, 5.74) is -0.0318. The fraction of sp³-hybridized carbons (Fsp3) is 0.857. The van der Waals surface area contributed by atoms with E-state index in [0.717, 1.165) is 13.0 Å². The van der Waals surface area contributed by atoms with Gasteiger partial charge in [0, 0.05) is 38.3 Å². The molecule has 0 spiro atoms. The maximum Gasteiger partial charge on any atom is 0.320 e. The van der Waals surface area contributed by atoms with Gasteiger partial charge in [-0.3, -0.25) is 9.69 Å². The molecule has 0 bridgehead atoms. The predicted octanol–water partition coefficient (Wildman–Crippen LogP) is 0.929. The van der Waals surface area contributed by atoms with Gasteiger partial charge in [-0.25, -0.2) is 4.79 Å². The van der Waals surface area contributed by atoms with E-state index < -0.39 is 11.9 Å². The molecular formula is C14H25N3O3. The summed E-state index contributed by atoms with van der Waals surface area (Å²) in [6, 6.07) is -0.00266. The zero-order valence-electron chi connectivity index (χ0n) is 12.6. The molecule has 0 unspecified atom stereocenters. The highest BCUT2D eigenvalue weighted by molar-refractivity contribution is 5.77. The van der Waals surface area contributed by atoms with Crippen molar-refractivity contribution in [2.75, 3.05) is 39.8 Å². The normalized spacial score (nSPS) is 27.4. The Bertz CT molecular complexity index is 397. The van der Waals surface area contributed by atoms with Gasteiger partial charge in [0.05, 0.1) is 5.92 Å². The second-order valence-corrected chi connectivity index (χ2v) is 6.56. The Kier molecular flexibility index (Phi) is 4.22. The van der Waals surface area contributed by atoms with Gasteiger partial charge in [-0.1, -0.05) is 0 Å². The molecule has 1 atom stereocenters. The number of aliphatic carboxylic acids is 1. The highest BCUT2D eigenvalue weighted by Gasteiger charge is 2.36. The van der Waals surface area contributed by atoms with E-state index in [-0.39, 0.29) is 11.6 Å². The minimum Gasteiger partial charge on any atom is -0.481 e. The van der Waals surface area contributed by atoms with Crippen molar-refractivity contribution in [1.82, 2.24) is 14.7 Å². The number of urea groups is 1. The van der Waals surface area contributed by atoms with Crippen molar-refractivity contribution in [3.05, 3.63) is 0 Å². The largest absolute Gasteiger partial charge is 0.481 e. The van der Waals surface area contributed by atoms with Crippen molar-refractivity contribution in [2.24, 2.45) is 5.92 Å². The number of likely N-dealkylation sites (N-methyl/N-ethyl adjacent to an activating group) is 1. The summed E-state index contributed by atoms with van der Waals surface area (Å²) in [7, 11) is 2.07. The average molecular weight is 283 g/mol. The number of amides is 2. The van der Waals surface area contributed by atoms with Crippen LogP contribution in [0, 0.1) is 5.92 Å². The van der Waals surface area contributed by atoms with Crippen LogP contribution in [0.5, 0.6) is 0 Å². The van der Waals surface area contributed by atoms with Gasteiger partial charge in [-0.2, -0.15) is 0 Å². The third kappa shape index (κ3) is 3.06. The van der Waals surface area contributed by atoms with E-state index in [0.29, 0.717) is 32.6 Å². The Morgan fingerprint density at radius 2 is 1.85 bits per heavy atom. The van der Waals surface area contributed by atoms with Crippen LogP contribution in [0.15, 0.2) is 0 Å². The van der Waals surface area contributed by atoms with Crippen LogP contribution >= 0.6 is 0 Å². The molecule has 2 fully saturated rings. The standard InChI is InChI=1S/C14H25N3O3/c1-14(2)10-17(8-7-15(14)3)13(20)16-6-4-5-11(9-16)12(18)19/h11H,4-10H2,1-3H3,(H,18,19)/t11-/m1/s1. The summed E-state index contributed by atoms with van der Waals surface area (Å²) in [5.74, 6) is -1.20. The lowest BCUT2D eigenvalue weighted by atomic mass is 9.98. The number of likely N-dealkylation sites (tertiary alicyclic amines) is 1. The lowest BCUT2D eigenvalue weighted by molar-refractivity contribution is -0.143. The first kappa shape index (κ1) is 15.1. The zero-order chi connectivity index (χ0) is 14.9. The Balaban J connectivity index is 1.99. The van der Waals surface area contributed by atoms with Crippen molar-refractivity contribution in [2.45, 2.75) is 32.2 Å². The Labute approximate surface area is 120 Å². The lowest BCUT2D eigenvalue weighted by Gasteiger charge is -2.47. The van der Waals surface area contributed by atoms with Crippen molar-refractivity contribution < 1.29 is 14.7 Å². The monoisotopic (exact) mass is 283 g/mol. The van der Waals surface area contributed by atoms with Crippen LogP contribution in [-0.4, -0.2) is 77.1 Å². The fourth-order valence-electron chi connectivity index (χ4n) is 2.96. The van der Waals surface area contributed by atoms with E-state index in [2.05, 4.69) is 25.8 Å². The van der Waals surface area contributed by atoms with E-state index in [4.69, 9.17) is 5.11 Å². The average Bonchev–Trinajstić information content (AvgIpc) is 2.41. The molecule has 2 saturated heterocycles. The molecule has 0 radical (unpaired) electrons. The van der Waals surface area contributed by atoms with Gasteiger partial charge in [0.25, 0.3) is 0 Å². The Morgan fingerprint density at radius 3 is 2.45 bits per heavy atom. The van der Waals surface area contributed by atoms with E-state index in [1.54, 1.807) is 4.90 Å². The minimum atomic E-state index is -0.791. The van der Waals surface area contributed by atoms with Crippen LogP contribution < -0.4 is 0 Å². The maximum absolute atomic E-state index is 12.6. The molecule has 114 valence electrons. The smallest absolute Gasteiger partial charge is 0.320 e. The first-order chi connectivity index (χ1) is 9.31. The number of carbonyl (C=O) groups is 2. The molecule has 2 aliphatic rings. The quantitative estimate of drug-likeness (QED) is 0.777. The highest BCUT2D eigenvalue weighted by Crippen LogP contribution is 2.22. The molecule has 2 rings (SSSR count). The molecule has 0 saturated carbocycles. The van der Waals surface area contributed by atoms with Gasteiger partial charge in [0.1, 0.15) is 0 Å². The SMILES string of the molecule is CN1CCN(C(=O)N2CCC[C@@H](C(=O)O)C2)CC1(C)C. The van der Waals surface area contributed by atoms with Crippen molar-refractivity contribution in [3.63, 3.8) is 0 Å². The molecule has 0 aromatic rings. The summed E-state index contributed by atoms with van der Waals surface area (Å²) in [6.45, 7) is 7.54. The highest BCUT2D eigenvalue weighted by atomic mass is 16.4. The predicted molar refractivity (Wildman–Crippen MR) is 75.6 cm³/mol. The number of piperazine rings is 1. The molecule has 0 aliphatic carbocycles. The van der Waals surface area contributed by atoms with Crippen LogP contribution in [0.1, 0.15) is 26.7 Å². The first-order valence-electron chi connectivity index (χ1n) is 7.29. The van der Waals surface area contributed by atoms with Gasteiger partial charge in [-0.05, 0) is 33.7 Å². The fourth-order valence-corrected chi connectivity index (χ4v) is 2.96. The zero-order valence-corrected chi connectivity index (χ0v) is 12.6. The molecule has 0 aromatic carbocycles. The molecule has 20 heavy (non-hydrogen) atoms. The van der Waals surface area contributed by atoms with Crippen LogP contribution in [0.25, 0.3) is 0 Å². The molecule has 6 nitrogen and oxygen atoms in total. The second-order valence-electron chi connectivity index (χ2n) is 6.56. The number of carboxylic acid groups (broad SMARTS) is 1. The molecule has 2 amide bonds. The number of carbonyl (C=O) groups excluding carboxylic acids is 1. The molecule has 2 aliphatic heterocycles. The van der Waals surface area contributed by atoms with Gasteiger partial charge < -0.3 is 14.9 Å². The third-order valence-corrected chi connectivity index (χ3v) is 4.63. The summed E-state index contributed by atoms with van der Waals surface area (Å²) in [4.78, 5) is 29.5. The van der Waals surface area contributed by atoms with E-state index in [1.165, 1.54) is 0 Å². The number of rotatable bonds is 1. The van der Waals surface area contributed by atoms with Gasteiger partial charge in [0.15, 0.2) is 0 Å². The molecular weight excluding hydrogens is 258 g/mol. The van der Waals surface area contributed by atoms with Crippen molar-refractivity contribution in [3.8, 4) is 0 Å². The lowest BCUT2D eigenvalue weighted by Crippen LogP contribution is -2.61. The van der Waals surface area contributed by atoms with Gasteiger partial charge >= 0.3 is 12.0 Å². The van der Waals surface area contributed by atoms with Crippen LogP contribution in [0.3, 0.4) is 0 Å². The summed E-state index contributed by atoms with van der Waals surface area (Å²) in [5, 5.41) is 9.11. The number of hydrogen-bond donors (Lipinski definition) is 1. The van der Waals surface area contributed by atoms with Crippen LogP contribution in [0.4, 0.5) is 4.79 Å². The number of carboxylic acids is 1. The maximum atomic E-state index is 12.6. The Hall–Kier alpha value is -1.30. The van der Waals surface area contributed by atoms with Crippen LogP contribution in [-0.2, 0) is 4.79 Å². The summed E-state index contributed by atoms with van der Waals surface area (Å²) in [6.07, 6.45) is 1.45. The molecule has 6 heteroatoms. The third-order valence-electron chi connectivity index (χ3n) is 4.63. The summed E-state index contributed by atoms with van der Waals surface area (Å²) < 4.78 is 0. The van der Waals surface area contributed by atoms with E-state index in [1.807, 2.05) is 4.90 Å². The first-order valence-corrected chi connectivity index (χ1v) is 7.29. The van der Waals surface area contributed by atoms with Gasteiger partial charge in [0.2, 0.25) is 0 Å². The Morgan fingerprint density at radius 1 is 1.15 bits per heavy atom. The number of piperidine rings is 1. The minimum absolute atomic E-state index is 0.00266. The molecule has 2 heterocycles. The van der Waals surface area contributed by atoms with Gasteiger partial charge in [-0.15, -0.1) is 0 Å². The van der Waals surface area contributed by atoms with Crippen LogP contribution in [0.2, 0.25) is 0 Å². The topological polar surface area (TPSA) is 64.1 Å². The summed E-state index contributed by atoms with van der Waals surface area (Å²) >= 11 is 0. The van der Waals surface area contributed by atoms with E-state index in [9.17, 15) is 9.59 Å². The number of hydrogen-bond acceptors (Lipinski definition) is 3. The van der Waals surface area contributed by atoms with Crippen molar-refractivity contribution in [1.29, 1.82) is 0 Å². The second kappa shape index (κ2) is 5.60. The number of nitrogens with zero attached hydrogens (tertiary/aromatic N) is 3.